The van der Waals surface area contributed by atoms with Crippen LogP contribution in [0.1, 0.15) is 17.8 Å². The van der Waals surface area contributed by atoms with Crippen LogP contribution in [0.15, 0.2) is 0 Å². The summed E-state index contributed by atoms with van der Waals surface area (Å²) >= 11 is 5.91. The Morgan fingerprint density at radius 1 is 1.26 bits per heavy atom. The van der Waals surface area contributed by atoms with Gasteiger partial charge in [-0.2, -0.15) is 13.2 Å². The normalized spacial score (nSPS) is 24.1. The van der Waals surface area contributed by atoms with Gasteiger partial charge in [0.1, 0.15) is 0 Å². The molecule has 1 aromatic rings. The molecule has 8 heteroatoms. The number of hydrogen-bond donors (Lipinski definition) is 1. The van der Waals surface area contributed by atoms with Gasteiger partial charge < -0.3 is 10.0 Å². The average molecular weight is 296 g/mol. The van der Waals surface area contributed by atoms with E-state index in [1.165, 1.54) is 4.90 Å². The second kappa shape index (κ2) is 4.49. The van der Waals surface area contributed by atoms with Crippen molar-refractivity contribution in [1.82, 2.24) is 9.97 Å². The van der Waals surface area contributed by atoms with Crippen molar-refractivity contribution in [3.05, 3.63) is 16.5 Å². The van der Waals surface area contributed by atoms with Gasteiger partial charge in [0.05, 0.1) is 17.9 Å². The molecule has 0 aromatic carbocycles. The Labute approximate surface area is 113 Å². The molecule has 1 fully saturated rings. The minimum Gasteiger partial charge on any atom is -0.379 e. The zero-order valence-corrected chi connectivity index (χ0v) is 11.2. The molecule has 0 bridgehead atoms. The highest BCUT2D eigenvalue weighted by molar-refractivity contribution is 6.31. The van der Waals surface area contributed by atoms with Crippen LogP contribution >= 0.6 is 11.6 Å². The zero-order valence-electron chi connectivity index (χ0n) is 10.4. The Hall–Kier alpha value is -1.08. The summed E-state index contributed by atoms with van der Waals surface area (Å²) in [6.07, 6.45) is -5.07. The van der Waals surface area contributed by atoms with Crippen LogP contribution in [0.4, 0.5) is 19.0 Å². The second-order valence-corrected chi connectivity index (χ2v) is 5.07. The molecule has 1 aliphatic heterocycles. The lowest BCUT2D eigenvalue weighted by Crippen LogP contribution is -2.47. The highest BCUT2D eigenvalue weighted by Gasteiger charge is 2.57. The van der Waals surface area contributed by atoms with Crippen LogP contribution in [0.25, 0.3) is 0 Å². The summed E-state index contributed by atoms with van der Waals surface area (Å²) in [5.74, 6) is 0.185. The average Bonchev–Trinajstić information content (AvgIpc) is 2.67. The van der Waals surface area contributed by atoms with Crippen LogP contribution in [0.3, 0.4) is 0 Å². The van der Waals surface area contributed by atoms with Gasteiger partial charge in [0.25, 0.3) is 0 Å². The van der Waals surface area contributed by atoms with E-state index in [4.69, 9.17) is 11.6 Å². The Kier molecular flexibility index (Phi) is 3.38. The first-order valence-electron chi connectivity index (χ1n) is 5.69. The van der Waals surface area contributed by atoms with Crippen molar-refractivity contribution in [3.63, 3.8) is 0 Å². The van der Waals surface area contributed by atoms with Crippen molar-refractivity contribution >= 4 is 17.4 Å². The van der Waals surface area contributed by atoms with Crippen molar-refractivity contribution in [2.45, 2.75) is 32.0 Å². The first-order valence-corrected chi connectivity index (χ1v) is 6.07. The molecule has 0 saturated carbocycles. The molecule has 1 aliphatic rings. The maximum atomic E-state index is 12.7. The molecular weight excluding hydrogens is 283 g/mol. The molecule has 1 saturated heterocycles. The largest absolute Gasteiger partial charge is 0.418 e. The number of alkyl halides is 3. The molecule has 2 rings (SSSR count). The minimum absolute atomic E-state index is 0.0346. The van der Waals surface area contributed by atoms with E-state index in [9.17, 15) is 18.3 Å². The number of aromatic nitrogens is 2. The number of β-amino-alcohol motifs (C(OH)–C–C–N with tert-alkyl or cyclic N) is 1. The van der Waals surface area contributed by atoms with Gasteiger partial charge in [-0.1, -0.05) is 11.6 Å². The summed E-state index contributed by atoms with van der Waals surface area (Å²) in [6.45, 7) is 2.88. The SMILES string of the molecule is Cc1nc(Cl)c(N2CCC(O)(C(F)(F)F)C2)nc1C. The summed E-state index contributed by atoms with van der Waals surface area (Å²) < 4.78 is 38.2. The van der Waals surface area contributed by atoms with E-state index in [0.29, 0.717) is 11.4 Å². The summed E-state index contributed by atoms with van der Waals surface area (Å²) in [5.41, 5.74) is -1.49. The zero-order chi connectivity index (χ0) is 14.4. The fourth-order valence-corrected chi connectivity index (χ4v) is 2.26. The van der Waals surface area contributed by atoms with Crippen molar-refractivity contribution in [2.75, 3.05) is 18.0 Å². The fraction of sp³-hybridized carbons (Fsp3) is 0.636. The predicted molar refractivity (Wildman–Crippen MR) is 64.4 cm³/mol. The molecule has 2 heterocycles. The highest BCUT2D eigenvalue weighted by atomic mass is 35.5. The summed E-state index contributed by atoms with van der Waals surface area (Å²) in [4.78, 5) is 9.50. The third-order valence-electron chi connectivity index (χ3n) is 3.32. The van der Waals surface area contributed by atoms with Crippen LogP contribution < -0.4 is 4.90 Å². The Bertz CT molecular complexity index is 509. The topological polar surface area (TPSA) is 49.2 Å². The summed E-state index contributed by atoms with van der Waals surface area (Å²) in [5, 5.41) is 9.67. The number of halogens is 4. The lowest BCUT2D eigenvalue weighted by atomic mass is 10.0. The van der Waals surface area contributed by atoms with Gasteiger partial charge in [0, 0.05) is 13.0 Å². The van der Waals surface area contributed by atoms with Gasteiger partial charge >= 0.3 is 6.18 Å². The van der Waals surface area contributed by atoms with E-state index in [-0.39, 0.29) is 17.5 Å². The smallest absolute Gasteiger partial charge is 0.379 e. The van der Waals surface area contributed by atoms with Crippen LogP contribution in [-0.4, -0.2) is 39.9 Å². The Morgan fingerprint density at radius 2 is 1.84 bits per heavy atom. The van der Waals surface area contributed by atoms with E-state index in [2.05, 4.69) is 9.97 Å². The van der Waals surface area contributed by atoms with Crippen molar-refractivity contribution < 1.29 is 18.3 Å². The first-order chi connectivity index (χ1) is 8.64. The maximum Gasteiger partial charge on any atom is 0.418 e. The second-order valence-electron chi connectivity index (χ2n) is 4.71. The predicted octanol–water partition coefficient (Wildman–Crippen LogP) is 2.25. The lowest BCUT2D eigenvalue weighted by molar-refractivity contribution is -0.250. The standard InChI is InChI=1S/C11H13ClF3N3O/c1-6-7(2)17-9(8(12)16-6)18-4-3-10(19,5-18)11(13,14)15/h19H,3-5H2,1-2H3. The number of nitrogens with zero attached hydrogens (tertiary/aromatic N) is 3. The Morgan fingerprint density at radius 3 is 2.37 bits per heavy atom. The molecule has 0 amide bonds. The summed E-state index contributed by atoms with van der Waals surface area (Å²) in [6, 6.07) is 0. The minimum atomic E-state index is -4.67. The lowest BCUT2D eigenvalue weighted by Gasteiger charge is -2.26. The van der Waals surface area contributed by atoms with Gasteiger partial charge in [0.2, 0.25) is 0 Å². The molecule has 1 unspecified atom stereocenters. The van der Waals surface area contributed by atoms with Gasteiger partial charge in [-0.3, -0.25) is 0 Å². The molecule has 0 radical (unpaired) electrons. The van der Waals surface area contributed by atoms with E-state index in [0.717, 1.165) is 0 Å². The highest BCUT2D eigenvalue weighted by Crippen LogP contribution is 2.39. The van der Waals surface area contributed by atoms with E-state index < -0.39 is 24.7 Å². The van der Waals surface area contributed by atoms with Crippen LogP contribution in [0.5, 0.6) is 0 Å². The number of aliphatic hydroxyl groups is 1. The third kappa shape index (κ3) is 2.49. The van der Waals surface area contributed by atoms with Crippen molar-refractivity contribution in [3.8, 4) is 0 Å². The molecule has 1 atom stereocenters. The molecule has 0 spiro atoms. The summed E-state index contributed by atoms with van der Waals surface area (Å²) in [7, 11) is 0. The maximum absolute atomic E-state index is 12.7. The first kappa shape index (κ1) is 14.3. The number of rotatable bonds is 1. The van der Waals surface area contributed by atoms with E-state index in [1.54, 1.807) is 13.8 Å². The van der Waals surface area contributed by atoms with Crippen LogP contribution in [0.2, 0.25) is 5.15 Å². The quantitative estimate of drug-likeness (QED) is 0.863. The Balaban J connectivity index is 2.29. The fourth-order valence-electron chi connectivity index (χ4n) is 1.97. The van der Waals surface area contributed by atoms with E-state index >= 15 is 0 Å². The van der Waals surface area contributed by atoms with Gasteiger partial charge in [-0.15, -0.1) is 0 Å². The molecule has 4 nitrogen and oxygen atoms in total. The van der Waals surface area contributed by atoms with Crippen LogP contribution in [0, 0.1) is 13.8 Å². The number of aryl methyl sites for hydroxylation is 2. The number of hydrogen-bond acceptors (Lipinski definition) is 4. The third-order valence-corrected chi connectivity index (χ3v) is 3.58. The van der Waals surface area contributed by atoms with Gasteiger partial charge in [-0.05, 0) is 13.8 Å². The molecule has 1 aromatic heterocycles. The molecular formula is C11H13ClF3N3O. The van der Waals surface area contributed by atoms with E-state index in [1.807, 2.05) is 0 Å². The van der Waals surface area contributed by atoms with Gasteiger partial charge in [-0.25, -0.2) is 9.97 Å². The monoisotopic (exact) mass is 295 g/mol. The molecule has 106 valence electrons. The number of anilines is 1. The van der Waals surface area contributed by atoms with Crippen molar-refractivity contribution in [2.24, 2.45) is 0 Å². The van der Waals surface area contributed by atoms with Gasteiger partial charge in [0.15, 0.2) is 16.6 Å². The molecule has 19 heavy (non-hydrogen) atoms. The molecule has 1 N–H and O–H groups in total. The molecule has 0 aliphatic carbocycles. The van der Waals surface area contributed by atoms with Crippen LogP contribution in [-0.2, 0) is 0 Å². The van der Waals surface area contributed by atoms with Crippen molar-refractivity contribution in [1.29, 1.82) is 0 Å².